The van der Waals surface area contributed by atoms with Crippen molar-refractivity contribution in [3.63, 3.8) is 0 Å². The van der Waals surface area contributed by atoms with Gasteiger partial charge >= 0.3 is 0 Å². The molecule has 0 aromatic heterocycles. The average Bonchev–Trinajstić information content (AvgIpc) is 2.57. The Bertz CT molecular complexity index is 797. The van der Waals surface area contributed by atoms with Crippen LogP contribution in [-0.4, -0.2) is 24.5 Å². The van der Waals surface area contributed by atoms with E-state index in [2.05, 4.69) is 5.32 Å². The highest BCUT2D eigenvalue weighted by atomic mass is 16.5. The number of hydrogen-bond donors (Lipinski definition) is 1. The van der Waals surface area contributed by atoms with E-state index in [-0.39, 0.29) is 24.5 Å². The van der Waals surface area contributed by atoms with Crippen molar-refractivity contribution in [2.24, 2.45) is 0 Å². The number of nitrogens with zero attached hydrogens (tertiary/aromatic N) is 1. The number of anilines is 1. The van der Waals surface area contributed by atoms with E-state index in [9.17, 15) is 9.59 Å². The normalized spacial score (nSPS) is 13.4. The molecule has 1 heterocycles. The summed E-state index contributed by atoms with van der Waals surface area (Å²) in [6.07, 6.45) is 0. The molecule has 2 aromatic carbocycles. The van der Waals surface area contributed by atoms with Crippen LogP contribution in [0, 0.1) is 6.92 Å². The molecule has 2 amide bonds. The fraction of sp³-hybridized carbons (Fsp3) is 0.300. The van der Waals surface area contributed by atoms with Crippen LogP contribution in [0.25, 0.3) is 0 Å². The van der Waals surface area contributed by atoms with E-state index >= 15 is 0 Å². The highest BCUT2D eigenvalue weighted by molar-refractivity contribution is 5.98. The number of amides is 2. The molecular weight excluding hydrogens is 316 g/mol. The maximum Gasteiger partial charge on any atom is 0.265 e. The van der Waals surface area contributed by atoms with Gasteiger partial charge in [-0.15, -0.1) is 0 Å². The maximum absolute atomic E-state index is 12.3. The van der Waals surface area contributed by atoms with Crippen LogP contribution in [0.15, 0.2) is 42.5 Å². The molecule has 0 radical (unpaired) electrons. The Balaban J connectivity index is 1.80. The van der Waals surface area contributed by atoms with E-state index in [0.717, 1.165) is 22.6 Å². The Morgan fingerprint density at radius 2 is 1.92 bits per heavy atom. The van der Waals surface area contributed by atoms with Crippen molar-refractivity contribution in [2.45, 2.75) is 33.4 Å². The number of hydrogen-bond acceptors (Lipinski definition) is 3. The lowest BCUT2D eigenvalue weighted by molar-refractivity contribution is -0.121. The van der Waals surface area contributed by atoms with Gasteiger partial charge in [-0.1, -0.05) is 18.2 Å². The monoisotopic (exact) mass is 338 g/mol. The van der Waals surface area contributed by atoms with Crippen LogP contribution >= 0.6 is 0 Å². The van der Waals surface area contributed by atoms with E-state index in [1.165, 1.54) is 0 Å². The molecular formula is C20H22N2O3. The molecule has 1 N–H and O–H groups in total. The van der Waals surface area contributed by atoms with Crippen molar-refractivity contribution in [1.29, 1.82) is 0 Å². The van der Waals surface area contributed by atoms with E-state index in [1.54, 1.807) is 17.0 Å². The summed E-state index contributed by atoms with van der Waals surface area (Å²) >= 11 is 0. The summed E-state index contributed by atoms with van der Waals surface area (Å²) in [5.74, 6) is 0.558. The molecule has 2 aromatic rings. The highest BCUT2D eigenvalue weighted by Crippen LogP contribution is 2.33. The van der Waals surface area contributed by atoms with Gasteiger partial charge in [0.15, 0.2) is 6.61 Å². The predicted molar refractivity (Wildman–Crippen MR) is 96.9 cm³/mol. The first kappa shape index (κ1) is 17.0. The van der Waals surface area contributed by atoms with Crippen LogP contribution in [-0.2, 0) is 11.3 Å². The van der Waals surface area contributed by atoms with E-state index in [1.807, 2.05) is 51.1 Å². The Labute approximate surface area is 147 Å². The van der Waals surface area contributed by atoms with Crippen molar-refractivity contribution in [1.82, 2.24) is 5.32 Å². The van der Waals surface area contributed by atoms with Crippen molar-refractivity contribution in [3.8, 4) is 5.75 Å². The second kappa shape index (κ2) is 6.97. The van der Waals surface area contributed by atoms with Gasteiger partial charge in [0.05, 0.1) is 12.2 Å². The third kappa shape index (κ3) is 3.82. The highest BCUT2D eigenvalue weighted by Gasteiger charge is 2.25. The van der Waals surface area contributed by atoms with Gasteiger partial charge in [0.1, 0.15) is 5.75 Å². The lowest BCUT2D eigenvalue weighted by Crippen LogP contribution is -2.38. The lowest BCUT2D eigenvalue weighted by atomic mass is 10.1. The Morgan fingerprint density at radius 3 is 2.60 bits per heavy atom. The molecule has 0 atom stereocenters. The third-order valence-corrected chi connectivity index (χ3v) is 4.03. The summed E-state index contributed by atoms with van der Waals surface area (Å²) in [5, 5.41) is 2.87. The first-order chi connectivity index (χ1) is 11.9. The zero-order valence-electron chi connectivity index (χ0n) is 14.7. The van der Waals surface area contributed by atoms with Crippen molar-refractivity contribution in [2.75, 3.05) is 11.5 Å². The minimum atomic E-state index is -0.0926. The number of carbonyl (C=O) groups excluding carboxylic acids is 2. The van der Waals surface area contributed by atoms with Crippen LogP contribution in [0.3, 0.4) is 0 Å². The Hall–Kier alpha value is -2.82. The summed E-state index contributed by atoms with van der Waals surface area (Å²) in [6, 6.07) is 13.2. The second-order valence-electron chi connectivity index (χ2n) is 6.56. The van der Waals surface area contributed by atoms with Crippen LogP contribution in [0.4, 0.5) is 5.69 Å². The first-order valence-corrected chi connectivity index (χ1v) is 8.37. The zero-order valence-corrected chi connectivity index (χ0v) is 14.7. The summed E-state index contributed by atoms with van der Waals surface area (Å²) in [7, 11) is 0. The molecule has 1 aliphatic heterocycles. The number of fused-ring (bicyclic) bond motifs is 1. The number of nitrogens with one attached hydrogen (secondary N) is 1. The third-order valence-electron chi connectivity index (χ3n) is 4.03. The number of benzene rings is 2. The maximum atomic E-state index is 12.3. The van der Waals surface area contributed by atoms with Gasteiger partial charge in [-0.05, 0) is 56.2 Å². The number of ether oxygens (including phenoxy) is 1. The summed E-state index contributed by atoms with van der Waals surface area (Å²) in [6.45, 7) is 6.33. The smallest absolute Gasteiger partial charge is 0.265 e. The molecule has 0 saturated heterocycles. The van der Waals surface area contributed by atoms with Gasteiger partial charge in [-0.3, -0.25) is 9.59 Å². The van der Waals surface area contributed by atoms with E-state index in [4.69, 9.17) is 4.74 Å². The number of rotatable bonds is 4. The van der Waals surface area contributed by atoms with Crippen molar-refractivity contribution < 1.29 is 14.3 Å². The van der Waals surface area contributed by atoms with Gasteiger partial charge in [0.25, 0.3) is 11.8 Å². The largest absolute Gasteiger partial charge is 0.482 e. The summed E-state index contributed by atoms with van der Waals surface area (Å²) in [5.41, 5.74) is 3.44. The van der Waals surface area contributed by atoms with Crippen LogP contribution in [0.1, 0.15) is 35.3 Å². The lowest BCUT2D eigenvalue weighted by Gasteiger charge is -2.29. The molecule has 0 aliphatic carbocycles. The fourth-order valence-corrected chi connectivity index (χ4v) is 2.78. The standard InChI is InChI=1S/C20H22N2O3/c1-13(2)21-20(24)16-7-5-15(6-8-16)11-22-17-10-14(3)4-9-18(17)25-12-19(22)23/h4-10,13H,11-12H2,1-3H3,(H,21,24). The number of carbonyl (C=O) groups is 2. The average molecular weight is 338 g/mol. The molecule has 0 bridgehead atoms. The van der Waals surface area contributed by atoms with Crippen LogP contribution < -0.4 is 15.0 Å². The molecule has 0 unspecified atom stereocenters. The van der Waals surface area contributed by atoms with Crippen LogP contribution in [0.2, 0.25) is 0 Å². The molecule has 5 nitrogen and oxygen atoms in total. The first-order valence-electron chi connectivity index (χ1n) is 8.37. The molecule has 0 saturated carbocycles. The second-order valence-corrected chi connectivity index (χ2v) is 6.56. The molecule has 0 spiro atoms. The quantitative estimate of drug-likeness (QED) is 0.932. The van der Waals surface area contributed by atoms with E-state index in [0.29, 0.717) is 12.1 Å². The minimum Gasteiger partial charge on any atom is -0.482 e. The minimum absolute atomic E-state index is 0.0466. The topological polar surface area (TPSA) is 58.6 Å². The molecule has 130 valence electrons. The van der Waals surface area contributed by atoms with Gasteiger partial charge in [0.2, 0.25) is 0 Å². The Morgan fingerprint density at radius 1 is 1.20 bits per heavy atom. The SMILES string of the molecule is Cc1ccc2c(c1)N(Cc1ccc(C(=O)NC(C)C)cc1)C(=O)CO2. The fourth-order valence-electron chi connectivity index (χ4n) is 2.78. The molecule has 3 rings (SSSR count). The van der Waals surface area contributed by atoms with Gasteiger partial charge in [0, 0.05) is 11.6 Å². The predicted octanol–water partition coefficient (Wildman–Crippen LogP) is 3.06. The van der Waals surface area contributed by atoms with Crippen molar-refractivity contribution >= 4 is 17.5 Å². The van der Waals surface area contributed by atoms with Crippen molar-refractivity contribution in [3.05, 3.63) is 59.2 Å². The summed E-state index contributed by atoms with van der Waals surface area (Å²) in [4.78, 5) is 26.1. The van der Waals surface area contributed by atoms with E-state index < -0.39 is 0 Å². The van der Waals surface area contributed by atoms with Gasteiger partial charge in [-0.2, -0.15) is 0 Å². The molecule has 5 heteroatoms. The summed E-state index contributed by atoms with van der Waals surface area (Å²) < 4.78 is 5.50. The molecule has 25 heavy (non-hydrogen) atoms. The van der Waals surface area contributed by atoms with Gasteiger partial charge in [-0.25, -0.2) is 0 Å². The molecule has 0 fully saturated rings. The number of aryl methyl sites for hydroxylation is 1. The van der Waals surface area contributed by atoms with Crippen LogP contribution in [0.5, 0.6) is 5.75 Å². The zero-order chi connectivity index (χ0) is 18.0. The molecule has 1 aliphatic rings. The Kier molecular flexibility index (Phi) is 4.74. The van der Waals surface area contributed by atoms with Gasteiger partial charge < -0.3 is 15.0 Å².